The van der Waals surface area contributed by atoms with Crippen LogP contribution in [-0.2, 0) is 4.57 Å². The molecule has 0 aliphatic heterocycles. The van der Waals surface area contributed by atoms with Gasteiger partial charge in [-0.3, -0.25) is 4.57 Å². The van der Waals surface area contributed by atoms with Crippen LogP contribution in [0, 0.1) is 0 Å². The van der Waals surface area contributed by atoms with E-state index in [1.165, 1.54) is 0 Å². The molecule has 0 bridgehead atoms. The quantitative estimate of drug-likeness (QED) is 0.418. The van der Waals surface area contributed by atoms with Gasteiger partial charge in [-0.05, 0) is 63.1 Å². The van der Waals surface area contributed by atoms with Gasteiger partial charge in [-0.15, -0.1) is 0 Å². The van der Waals surface area contributed by atoms with Crippen molar-refractivity contribution < 1.29 is 29.6 Å². The Kier molecular flexibility index (Phi) is 12.2. The van der Waals surface area contributed by atoms with Crippen LogP contribution >= 0.6 is 7.37 Å². The molecule has 3 aromatic rings. The first-order valence-electron chi connectivity index (χ1n) is 10.2. The van der Waals surface area contributed by atoms with E-state index in [2.05, 4.69) is 0 Å². The van der Waals surface area contributed by atoms with Crippen LogP contribution in [0.15, 0.2) is 91.0 Å². The van der Waals surface area contributed by atoms with Gasteiger partial charge < -0.3 is 20.2 Å². The number of hydrogen-bond donors (Lipinski definition) is 4. The largest absolute Gasteiger partial charge is 0.478 e. The summed E-state index contributed by atoms with van der Waals surface area (Å²) in [5.74, 6) is -0.879. The fraction of sp³-hybridized carbons (Fsp3) is 0.240. The number of hydrogen-bond acceptors (Lipinski definition) is 4. The standard InChI is InChI=1S/C12H11O2P.C7H6O2.C6H14O2/c13-15(14,11-7-3-1-4-8-11)12-9-5-2-6-10-12;8-7(9)6-4-2-1-3-5-6;1-5(7)3-4-6(2)8/h1-10H,(H,13,14);1-5H,(H,8,9);5-8H,3-4H2,1-2H3. The van der Waals surface area contributed by atoms with E-state index in [0.717, 1.165) is 0 Å². The fourth-order valence-electron chi connectivity index (χ4n) is 2.47. The molecule has 7 heteroatoms. The van der Waals surface area contributed by atoms with Crippen molar-refractivity contribution in [3.05, 3.63) is 96.6 Å². The summed E-state index contributed by atoms with van der Waals surface area (Å²) >= 11 is 0. The van der Waals surface area contributed by atoms with Crippen molar-refractivity contribution in [3.63, 3.8) is 0 Å². The molecule has 3 aromatic carbocycles. The molecule has 0 amide bonds. The van der Waals surface area contributed by atoms with Crippen molar-refractivity contribution in [2.45, 2.75) is 38.9 Å². The maximum Gasteiger partial charge on any atom is 0.335 e. The molecular formula is C25H31O6P. The first-order chi connectivity index (χ1) is 15.1. The minimum absolute atomic E-state index is 0.274. The summed E-state index contributed by atoms with van der Waals surface area (Å²) in [7, 11) is -3.40. The number of carboxylic acid groups (broad SMARTS) is 1. The summed E-state index contributed by atoms with van der Waals surface area (Å²) in [5.41, 5.74) is 0.331. The van der Waals surface area contributed by atoms with E-state index in [-0.39, 0.29) is 12.2 Å². The monoisotopic (exact) mass is 458 g/mol. The molecule has 6 nitrogen and oxygen atoms in total. The van der Waals surface area contributed by atoms with Crippen molar-refractivity contribution in [1.82, 2.24) is 0 Å². The first kappa shape index (κ1) is 27.3. The molecule has 0 heterocycles. The summed E-state index contributed by atoms with van der Waals surface area (Å²) in [6, 6.07) is 25.7. The highest BCUT2D eigenvalue weighted by atomic mass is 31.2. The van der Waals surface area contributed by atoms with Crippen molar-refractivity contribution in [2.75, 3.05) is 0 Å². The first-order valence-corrected chi connectivity index (χ1v) is 11.9. The van der Waals surface area contributed by atoms with Crippen LogP contribution in [0.25, 0.3) is 0 Å². The molecule has 32 heavy (non-hydrogen) atoms. The topological polar surface area (TPSA) is 115 Å². The number of carbonyl (C=O) groups is 1. The Hall–Kier alpha value is -2.76. The highest BCUT2D eigenvalue weighted by Gasteiger charge is 2.22. The fourth-order valence-corrected chi connectivity index (χ4v) is 3.92. The summed E-state index contributed by atoms with van der Waals surface area (Å²) < 4.78 is 12.2. The maximum absolute atomic E-state index is 12.2. The average molecular weight is 458 g/mol. The Bertz CT molecular complexity index is 892. The van der Waals surface area contributed by atoms with Gasteiger partial charge in [0.2, 0.25) is 0 Å². The highest BCUT2D eigenvalue weighted by Crippen LogP contribution is 2.37. The van der Waals surface area contributed by atoms with E-state index in [0.29, 0.717) is 29.0 Å². The van der Waals surface area contributed by atoms with E-state index < -0.39 is 13.3 Å². The SMILES string of the molecule is CC(O)CCC(C)O.O=C(O)c1ccccc1.O=P(O)(c1ccccc1)c1ccccc1. The molecule has 2 atom stereocenters. The van der Waals surface area contributed by atoms with Gasteiger partial charge in [-0.1, -0.05) is 54.6 Å². The van der Waals surface area contributed by atoms with E-state index in [9.17, 15) is 14.3 Å². The highest BCUT2D eigenvalue weighted by molar-refractivity contribution is 7.73. The molecule has 2 unspecified atom stereocenters. The zero-order chi connectivity index (χ0) is 24.0. The van der Waals surface area contributed by atoms with Crippen LogP contribution in [0.1, 0.15) is 37.0 Å². The second-order valence-corrected chi connectivity index (χ2v) is 9.38. The van der Waals surface area contributed by atoms with Crippen LogP contribution in [0.3, 0.4) is 0 Å². The molecule has 0 aromatic heterocycles. The molecule has 0 radical (unpaired) electrons. The molecular weight excluding hydrogens is 427 g/mol. The predicted octanol–water partition coefficient (Wildman–Crippen LogP) is 3.82. The second kappa shape index (κ2) is 14.3. The van der Waals surface area contributed by atoms with E-state index in [1.807, 2.05) is 12.1 Å². The average Bonchev–Trinajstić information content (AvgIpc) is 2.80. The van der Waals surface area contributed by atoms with Crippen LogP contribution in [0.2, 0.25) is 0 Å². The lowest BCUT2D eigenvalue weighted by Gasteiger charge is -2.11. The molecule has 0 saturated carbocycles. The third kappa shape index (κ3) is 10.5. The van der Waals surface area contributed by atoms with Crippen molar-refractivity contribution in [2.24, 2.45) is 0 Å². The Morgan fingerprint density at radius 2 is 1.03 bits per heavy atom. The van der Waals surface area contributed by atoms with E-state index in [4.69, 9.17) is 15.3 Å². The van der Waals surface area contributed by atoms with Gasteiger partial charge in [-0.25, -0.2) is 4.79 Å². The summed E-state index contributed by atoms with van der Waals surface area (Å²) in [5, 5.41) is 26.7. The molecule has 0 aliphatic rings. The summed E-state index contributed by atoms with van der Waals surface area (Å²) in [6.07, 6.45) is 0.837. The lowest BCUT2D eigenvalue weighted by atomic mass is 10.1. The van der Waals surface area contributed by atoms with E-state index >= 15 is 0 Å². The van der Waals surface area contributed by atoms with Gasteiger partial charge in [0.05, 0.1) is 17.8 Å². The molecule has 0 saturated heterocycles. The van der Waals surface area contributed by atoms with Gasteiger partial charge >= 0.3 is 5.97 Å². The lowest BCUT2D eigenvalue weighted by molar-refractivity contribution is 0.0697. The van der Waals surface area contributed by atoms with E-state index in [1.54, 1.807) is 92.7 Å². The van der Waals surface area contributed by atoms with Gasteiger partial charge in [0.1, 0.15) is 0 Å². The number of rotatable bonds is 6. The van der Waals surface area contributed by atoms with Crippen molar-refractivity contribution >= 4 is 23.9 Å². The predicted molar refractivity (Wildman–Crippen MR) is 128 cm³/mol. The van der Waals surface area contributed by atoms with Crippen LogP contribution in [-0.4, -0.2) is 38.4 Å². The minimum atomic E-state index is -3.40. The molecule has 0 spiro atoms. The maximum atomic E-state index is 12.2. The third-order valence-electron chi connectivity index (χ3n) is 4.24. The Morgan fingerprint density at radius 3 is 1.28 bits per heavy atom. The van der Waals surface area contributed by atoms with Gasteiger partial charge in [-0.2, -0.15) is 0 Å². The number of aliphatic hydroxyl groups excluding tert-OH is 2. The lowest BCUT2D eigenvalue weighted by Crippen LogP contribution is -2.14. The Balaban J connectivity index is 0.000000260. The molecule has 0 aliphatic carbocycles. The normalized spacial score (nSPS) is 12.3. The van der Waals surface area contributed by atoms with Crippen LogP contribution in [0.4, 0.5) is 0 Å². The molecule has 3 rings (SSSR count). The number of benzene rings is 3. The van der Waals surface area contributed by atoms with Gasteiger partial charge in [0.15, 0.2) is 0 Å². The summed E-state index contributed by atoms with van der Waals surface area (Å²) in [6.45, 7) is 3.45. The number of carboxylic acids is 1. The molecule has 0 fully saturated rings. The smallest absolute Gasteiger partial charge is 0.335 e. The summed E-state index contributed by atoms with van der Waals surface area (Å²) in [4.78, 5) is 20.2. The zero-order valence-corrected chi connectivity index (χ0v) is 19.2. The van der Waals surface area contributed by atoms with Crippen molar-refractivity contribution in [3.8, 4) is 0 Å². The zero-order valence-electron chi connectivity index (χ0n) is 18.3. The number of aliphatic hydroxyl groups is 2. The Morgan fingerprint density at radius 1 is 0.719 bits per heavy atom. The Labute approximate surface area is 189 Å². The van der Waals surface area contributed by atoms with Crippen molar-refractivity contribution in [1.29, 1.82) is 0 Å². The van der Waals surface area contributed by atoms with Crippen LogP contribution < -0.4 is 10.6 Å². The van der Waals surface area contributed by atoms with Gasteiger partial charge in [0.25, 0.3) is 7.37 Å². The van der Waals surface area contributed by atoms with Crippen LogP contribution in [0.5, 0.6) is 0 Å². The second-order valence-electron chi connectivity index (χ2n) is 7.19. The molecule has 172 valence electrons. The minimum Gasteiger partial charge on any atom is -0.478 e. The number of aromatic carboxylic acids is 1. The third-order valence-corrected chi connectivity index (χ3v) is 6.23. The van der Waals surface area contributed by atoms with Gasteiger partial charge in [0, 0.05) is 10.6 Å². The molecule has 4 N–H and O–H groups in total.